The third-order valence-corrected chi connectivity index (χ3v) is 12.3. The molecule has 9 aromatic carbocycles. The Balaban J connectivity index is 1.26. The zero-order valence-corrected chi connectivity index (χ0v) is 30.1. The van der Waals surface area contributed by atoms with Crippen LogP contribution in [0.15, 0.2) is 170 Å². The monoisotopic (exact) mass is 675 g/mol. The molecule has 11 rings (SSSR count). The average molecular weight is 676 g/mol. The number of para-hydroxylation sites is 1. The molecule has 1 spiro atoms. The van der Waals surface area contributed by atoms with Gasteiger partial charge in [0.15, 0.2) is 0 Å². The van der Waals surface area contributed by atoms with Gasteiger partial charge in [0.25, 0.3) is 0 Å². The quantitative estimate of drug-likeness (QED) is 0.169. The van der Waals surface area contributed by atoms with Gasteiger partial charge in [-0.2, -0.15) is 0 Å². The molecule has 0 atom stereocenters. The van der Waals surface area contributed by atoms with Crippen LogP contribution in [-0.2, 0) is 5.41 Å². The molecule has 1 heteroatoms. The second kappa shape index (κ2) is 11.0. The van der Waals surface area contributed by atoms with Gasteiger partial charge in [-0.1, -0.05) is 121 Å². The van der Waals surface area contributed by atoms with E-state index in [0.29, 0.717) is 0 Å². The summed E-state index contributed by atoms with van der Waals surface area (Å²) in [6.07, 6.45) is 0. The topological polar surface area (TPSA) is 3.24 Å². The van der Waals surface area contributed by atoms with Gasteiger partial charge in [-0.05, 0) is 163 Å². The molecular weight excluding hydrogens is 639 g/mol. The van der Waals surface area contributed by atoms with Crippen LogP contribution in [0.1, 0.15) is 38.9 Å². The number of anilines is 3. The molecule has 0 heterocycles. The Morgan fingerprint density at radius 3 is 1.62 bits per heavy atom. The molecular formula is C52H37N. The van der Waals surface area contributed by atoms with Crippen LogP contribution in [0.2, 0.25) is 0 Å². The van der Waals surface area contributed by atoms with E-state index in [9.17, 15) is 0 Å². The van der Waals surface area contributed by atoms with Crippen molar-refractivity contribution in [3.05, 3.63) is 209 Å². The second-order valence-electron chi connectivity index (χ2n) is 15.0. The lowest BCUT2D eigenvalue weighted by Gasteiger charge is -2.32. The minimum absolute atomic E-state index is 0.462. The summed E-state index contributed by atoms with van der Waals surface area (Å²) in [5.41, 5.74) is 17.8. The van der Waals surface area contributed by atoms with Gasteiger partial charge in [0.05, 0.1) is 5.41 Å². The first-order valence-corrected chi connectivity index (χ1v) is 18.7. The van der Waals surface area contributed by atoms with Gasteiger partial charge in [-0.15, -0.1) is 0 Å². The minimum Gasteiger partial charge on any atom is -0.310 e. The molecule has 0 aliphatic heterocycles. The highest BCUT2D eigenvalue weighted by atomic mass is 15.1. The molecule has 0 fully saturated rings. The van der Waals surface area contributed by atoms with Crippen LogP contribution in [0, 0.1) is 20.8 Å². The maximum absolute atomic E-state index is 2.53. The Morgan fingerprint density at radius 2 is 0.943 bits per heavy atom. The Labute approximate surface area is 310 Å². The van der Waals surface area contributed by atoms with Crippen molar-refractivity contribution in [1.29, 1.82) is 0 Å². The van der Waals surface area contributed by atoms with Gasteiger partial charge in [-0.25, -0.2) is 0 Å². The predicted molar refractivity (Wildman–Crippen MR) is 224 cm³/mol. The fourth-order valence-electron chi connectivity index (χ4n) is 9.85. The molecule has 250 valence electrons. The van der Waals surface area contributed by atoms with Crippen molar-refractivity contribution in [3.8, 4) is 22.3 Å². The van der Waals surface area contributed by atoms with Crippen LogP contribution < -0.4 is 4.90 Å². The van der Waals surface area contributed by atoms with E-state index in [0.717, 1.165) is 11.4 Å². The Kier molecular flexibility index (Phi) is 6.29. The highest BCUT2D eigenvalue weighted by Crippen LogP contribution is 2.65. The smallest absolute Gasteiger partial charge is 0.0731 e. The molecule has 9 aromatic rings. The molecule has 0 unspecified atom stereocenters. The fourth-order valence-corrected chi connectivity index (χ4v) is 9.85. The summed E-state index contributed by atoms with van der Waals surface area (Å²) in [4.78, 5) is 2.41. The normalized spacial score (nSPS) is 13.3. The summed E-state index contributed by atoms with van der Waals surface area (Å²) in [5, 5.41) is 7.75. The molecule has 0 N–H and O–H groups in total. The van der Waals surface area contributed by atoms with Crippen LogP contribution in [0.3, 0.4) is 0 Å². The highest BCUT2D eigenvalue weighted by Gasteiger charge is 2.53. The lowest BCUT2D eigenvalue weighted by molar-refractivity contribution is 0.803. The van der Waals surface area contributed by atoms with Crippen LogP contribution in [0.4, 0.5) is 17.1 Å². The van der Waals surface area contributed by atoms with Gasteiger partial charge in [0.2, 0.25) is 0 Å². The lowest BCUT2D eigenvalue weighted by Crippen LogP contribution is -2.26. The van der Waals surface area contributed by atoms with Crippen LogP contribution in [-0.4, -0.2) is 0 Å². The second-order valence-corrected chi connectivity index (χ2v) is 15.0. The van der Waals surface area contributed by atoms with Crippen LogP contribution >= 0.6 is 0 Å². The van der Waals surface area contributed by atoms with Gasteiger partial charge >= 0.3 is 0 Å². The minimum atomic E-state index is -0.462. The van der Waals surface area contributed by atoms with Crippen molar-refractivity contribution in [2.45, 2.75) is 26.2 Å². The Morgan fingerprint density at radius 1 is 0.377 bits per heavy atom. The molecule has 0 radical (unpaired) electrons. The number of fused-ring (bicyclic) bond motifs is 16. The van der Waals surface area contributed by atoms with Crippen molar-refractivity contribution in [2.75, 3.05) is 4.90 Å². The summed E-state index contributed by atoms with van der Waals surface area (Å²) in [6, 6.07) is 63.9. The summed E-state index contributed by atoms with van der Waals surface area (Å²) in [6.45, 7) is 6.67. The summed E-state index contributed by atoms with van der Waals surface area (Å²) in [7, 11) is 0. The summed E-state index contributed by atoms with van der Waals surface area (Å²) < 4.78 is 0. The maximum Gasteiger partial charge on any atom is 0.0731 e. The molecule has 0 amide bonds. The summed E-state index contributed by atoms with van der Waals surface area (Å²) >= 11 is 0. The predicted octanol–water partition coefficient (Wildman–Crippen LogP) is 13.9. The number of nitrogens with zero attached hydrogens (tertiary/aromatic N) is 1. The third kappa shape index (κ3) is 4.02. The van der Waals surface area contributed by atoms with E-state index >= 15 is 0 Å². The molecule has 2 aliphatic carbocycles. The largest absolute Gasteiger partial charge is 0.310 e. The number of aryl methyl sites for hydroxylation is 2. The number of hydrogen-bond donors (Lipinski definition) is 0. The molecule has 2 aliphatic rings. The highest BCUT2D eigenvalue weighted by molar-refractivity contribution is 6.20. The molecule has 0 saturated heterocycles. The van der Waals surface area contributed by atoms with Crippen LogP contribution in [0.25, 0.3) is 54.6 Å². The number of benzene rings is 9. The number of rotatable bonds is 3. The molecule has 0 bridgehead atoms. The molecule has 1 nitrogen and oxygen atoms in total. The zero-order chi connectivity index (χ0) is 35.4. The van der Waals surface area contributed by atoms with E-state index < -0.39 is 5.41 Å². The lowest BCUT2D eigenvalue weighted by atomic mass is 9.69. The van der Waals surface area contributed by atoms with E-state index in [1.165, 1.54) is 99.2 Å². The van der Waals surface area contributed by atoms with Crippen molar-refractivity contribution >= 4 is 49.4 Å². The first kappa shape index (κ1) is 30.2. The van der Waals surface area contributed by atoms with Crippen molar-refractivity contribution in [3.63, 3.8) is 0 Å². The molecule has 0 aromatic heterocycles. The van der Waals surface area contributed by atoms with E-state index in [4.69, 9.17) is 0 Å². The van der Waals surface area contributed by atoms with E-state index in [2.05, 4.69) is 196 Å². The first-order valence-electron chi connectivity index (χ1n) is 18.7. The SMILES string of the molecule is Cc1cc(N(c2ccccc2)c2ccc3cc4c(cc3c2)C2(c3ccccc3-c3ccccc32)c2c-4c3ccccc3c3ccccc23)cc(C)c1C. The summed E-state index contributed by atoms with van der Waals surface area (Å²) in [5.74, 6) is 0. The van der Waals surface area contributed by atoms with Crippen molar-refractivity contribution in [2.24, 2.45) is 0 Å². The van der Waals surface area contributed by atoms with E-state index in [-0.39, 0.29) is 0 Å². The van der Waals surface area contributed by atoms with Crippen LogP contribution in [0.5, 0.6) is 0 Å². The standard InChI is InChI=1S/C52H37N/c1-32-27-39(28-33(2)34(32)3)53(37-15-5-4-6-16-37)38-26-25-35-30-46-49(31-36(35)29-38)52(47-23-13-11-19-42(47)43-20-12-14-24-48(43)52)51-45-22-10-8-18-41(45)40-17-7-9-21-44(40)50(46)51/h4-31H,1-3H3. The first-order chi connectivity index (χ1) is 26.0. The average Bonchev–Trinajstić information content (AvgIpc) is 3.67. The Bertz CT molecular complexity index is 2920. The van der Waals surface area contributed by atoms with Crippen molar-refractivity contribution < 1.29 is 0 Å². The van der Waals surface area contributed by atoms with E-state index in [1.54, 1.807) is 0 Å². The van der Waals surface area contributed by atoms with E-state index in [1.807, 2.05) is 0 Å². The molecule has 0 saturated carbocycles. The van der Waals surface area contributed by atoms with Crippen molar-refractivity contribution in [1.82, 2.24) is 0 Å². The fraction of sp³-hybridized carbons (Fsp3) is 0.0769. The number of hydrogen-bond acceptors (Lipinski definition) is 1. The van der Waals surface area contributed by atoms with Gasteiger partial charge in [0, 0.05) is 17.1 Å². The zero-order valence-electron chi connectivity index (χ0n) is 30.1. The maximum atomic E-state index is 2.53. The third-order valence-electron chi connectivity index (χ3n) is 12.3. The molecule has 53 heavy (non-hydrogen) atoms. The Hall–Kier alpha value is -6.44. The van der Waals surface area contributed by atoms with Gasteiger partial charge in [-0.3, -0.25) is 0 Å². The van der Waals surface area contributed by atoms with Gasteiger partial charge < -0.3 is 4.90 Å². The van der Waals surface area contributed by atoms with Gasteiger partial charge in [0.1, 0.15) is 0 Å².